The quantitative estimate of drug-likeness (QED) is 0.824. The lowest BCUT2D eigenvalue weighted by molar-refractivity contribution is 0.0597. The maximum absolute atomic E-state index is 12.3. The summed E-state index contributed by atoms with van der Waals surface area (Å²) < 4.78 is 38.1. The summed E-state index contributed by atoms with van der Waals surface area (Å²) in [6.07, 6.45) is 1.47. The van der Waals surface area contributed by atoms with E-state index >= 15 is 0 Å². The first-order valence-corrected chi connectivity index (χ1v) is 7.64. The third kappa shape index (κ3) is 3.03. The van der Waals surface area contributed by atoms with Crippen LogP contribution in [0.2, 0.25) is 0 Å². The van der Waals surface area contributed by atoms with Crippen molar-refractivity contribution in [3.05, 3.63) is 36.0 Å². The number of hydrogen-bond acceptors (Lipinski definition) is 6. The first-order valence-electron chi connectivity index (χ1n) is 6.16. The maximum atomic E-state index is 12.3. The highest BCUT2D eigenvalue weighted by Crippen LogP contribution is 2.25. The Balaban J connectivity index is 2.40. The normalized spacial score (nSPS) is 11.0. The van der Waals surface area contributed by atoms with Gasteiger partial charge in [0.05, 0.1) is 25.3 Å². The minimum absolute atomic E-state index is 0.0433. The summed E-state index contributed by atoms with van der Waals surface area (Å²) in [5.41, 5.74) is 0.143. The molecule has 0 aliphatic rings. The summed E-state index contributed by atoms with van der Waals surface area (Å²) in [6, 6.07) is 5.42. The smallest absolute Gasteiger partial charge is 0.341 e. The molecule has 0 unspecified atom stereocenters. The Bertz CT molecular complexity index is 798. The van der Waals surface area contributed by atoms with Crippen LogP contribution in [0, 0.1) is 0 Å². The van der Waals surface area contributed by atoms with E-state index in [2.05, 4.69) is 14.6 Å². The van der Waals surface area contributed by atoms with Crippen LogP contribution in [0.3, 0.4) is 0 Å². The van der Waals surface area contributed by atoms with E-state index in [0.29, 0.717) is 5.82 Å². The van der Waals surface area contributed by atoms with Gasteiger partial charge in [0.1, 0.15) is 17.1 Å². The number of nitrogens with one attached hydrogen (secondary N) is 1. The number of aromatic nitrogens is 2. The molecule has 22 heavy (non-hydrogen) atoms. The maximum Gasteiger partial charge on any atom is 0.341 e. The molecule has 0 saturated carbocycles. The molecule has 0 amide bonds. The number of carbonyl (C=O) groups is 1. The number of benzene rings is 1. The second-order valence-electron chi connectivity index (χ2n) is 4.30. The molecular weight excluding hydrogens is 310 g/mol. The number of hydrogen-bond donors (Lipinski definition) is 1. The minimum atomic E-state index is -3.83. The molecule has 8 nitrogen and oxygen atoms in total. The number of ether oxygens (including phenoxy) is 2. The van der Waals surface area contributed by atoms with Gasteiger partial charge in [-0.25, -0.2) is 13.2 Å². The van der Waals surface area contributed by atoms with E-state index in [1.807, 2.05) is 0 Å². The zero-order chi connectivity index (χ0) is 16.3. The number of esters is 1. The molecule has 0 saturated heterocycles. The largest absolute Gasteiger partial charge is 0.496 e. The Morgan fingerprint density at radius 1 is 1.27 bits per heavy atom. The van der Waals surface area contributed by atoms with Crippen LogP contribution < -0.4 is 9.46 Å². The van der Waals surface area contributed by atoms with Crippen LogP contribution in [0.4, 0.5) is 5.82 Å². The molecule has 1 aromatic carbocycles. The number of rotatable bonds is 5. The van der Waals surface area contributed by atoms with E-state index in [-0.39, 0.29) is 16.2 Å². The van der Waals surface area contributed by atoms with Crippen LogP contribution in [0.15, 0.2) is 35.4 Å². The average Bonchev–Trinajstić information content (AvgIpc) is 2.90. The standard InChI is InChI=1S/C13H15N3O5S/c1-16-12(6-7-14-16)15-22(18,19)9-4-5-10(13(17)21-3)11(8-9)20-2/h4-8,15H,1-3H3. The van der Waals surface area contributed by atoms with E-state index < -0.39 is 16.0 Å². The summed E-state index contributed by atoms with van der Waals surface area (Å²) in [4.78, 5) is 11.5. The van der Waals surface area contributed by atoms with Crippen molar-refractivity contribution in [3.63, 3.8) is 0 Å². The van der Waals surface area contributed by atoms with Crippen LogP contribution in [-0.2, 0) is 21.8 Å². The minimum Gasteiger partial charge on any atom is -0.496 e. The molecule has 0 fully saturated rings. The predicted octanol–water partition coefficient (Wildman–Crippen LogP) is 1.02. The second kappa shape index (κ2) is 6.06. The van der Waals surface area contributed by atoms with Gasteiger partial charge in [-0.3, -0.25) is 9.40 Å². The summed E-state index contributed by atoms with van der Waals surface area (Å²) in [6.45, 7) is 0. The average molecular weight is 325 g/mol. The van der Waals surface area contributed by atoms with Crippen molar-refractivity contribution in [2.45, 2.75) is 4.90 Å². The van der Waals surface area contributed by atoms with Crippen LogP contribution in [0.25, 0.3) is 0 Å². The first-order chi connectivity index (χ1) is 10.4. The van der Waals surface area contributed by atoms with Crippen LogP contribution in [-0.4, -0.2) is 38.4 Å². The lowest BCUT2D eigenvalue weighted by Gasteiger charge is -2.11. The van der Waals surface area contributed by atoms with Gasteiger partial charge in [-0.1, -0.05) is 0 Å². The Labute approximate surface area is 127 Å². The van der Waals surface area contributed by atoms with Crippen molar-refractivity contribution in [1.82, 2.24) is 9.78 Å². The predicted molar refractivity (Wildman–Crippen MR) is 78.4 cm³/mol. The molecule has 0 aliphatic heterocycles. The molecular formula is C13H15N3O5S. The molecule has 0 aliphatic carbocycles. The number of nitrogens with zero attached hydrogens (tertiary/aromatic N) is 2. The van der Waals surface area contributed by atoms with Gasteiger partial charge in [-0.2, -0.15) is 5.10 Å². The van der Waals surface area contributed by atoms with Crippen molar-refractivity contribution >= 4 is 21.8 Å². The van der Waals surface area contributed by atoms with Gasteiger partial charge in [-0.15, -0.1) is 0 Å². The molecule has 9 heteroatoms. The summed E-state index contributed by atoms with van der Waals surface area (Å²) >= 11 is 0. The third-order valence-electron chi connectivity index (χ3n) is 2.95. The molecule has 0 atom stereocenters. The molecule has 0 radical (unpaired) electrons. The van der Waals surface area contributed by atoms with E-state index in [4.69, 9.17) is 4.74 Å². The highest BCUT2D eigenvalue weighted by Gasteiger charge is 2.20. The van der Waals surface area contributed by atoms with Gasteiger partial charge in [0, 0.05) is 19.2 Å². The van der Waals surface area contributed by atoms with Crippen molar-refractivity contribution in [3.8, 4) is 5.75 Å². The molecule has 0 spiro atoms. The highest BCUT2D eigenvalue weighted by molar-refractivity contribution is 7.92. The van der Waals surface area contributed by atoms with Crippen molar-refractivity contribution in [2.24, 2.45) is 7.05 Å². The van der Waals surface area contributed by atoms with Gasteiger partial charge in [0.2, 0.25) is 0 Å². The van der Waals surface area contributed by atoms with Crippen molar-refractivity contribution in [2.75, 3.05) is 18.9 Å². The third-order valence-corrected chi connectivity index (χ3v) is 4.30. The fourth-order valence-corrected chi connectivity index (χ4v) is 2.89. The lowest BCUT2D eigenvalue weighted by atomic mass is 10.2. The van der Waals surface area contributed by atoms with Gasteiger partial charge < -0.3 is 9.47 Å². The SMILES string of the molecule is COC(=O)c1ccc(S(=O)(=O)Nc2ccnn2C)cc1OC. The Morgan fingerprint density at radius 2 is 2.00 bits per heavy atom. The molecule has 2 aromatic rings. The summed E-state index contributed by atoms with van der Waals surface area (Å²) in [7, 11) is 0.352. The van der Waals surface area contributed by atoms with Crippen LogP contribution in [0.5, 0.6) is 5.75 Å². The van der Waals surface area contributed by atoms with Crippen LogP contribution >= 0.6 is 0 Å². The first kappa shape index (κ1) is 15.8. The summed E-state index contributed by atoms with van der Waals surface area (Å²) in [5, 5.41) is 3.88. The number of anilines is 1. The zero-order valence-corrected chi connectivity index (χ0v) is 13.0. The number of sulfonamides is 1. The topological polar surface area (TPSA) is 99.5 Å². The summed E-state index contributed by atoms with van der Waals surface area (Å²) in [5.74, 6) is -0.184. The van der Waals surface area contributed by atoms with E-state index in [9.17, 15) is 13.2 Å². The second-order valence-corrected chi connectivity index (χ2v) is 5.98. The van der Waals surface area contributed by atoms with Crippen molar-refractivity contribution in [1.29, 1.82) is 0 Å². The van der Waals surface area contributed by atoms with Crippen molar-refractivity contribution < 1.29 is 22.7 Å². The number of methoxy groups -OCH3 is 2. The highest BCUT2D eigenvalue weighted by atomic mass is 32.2. The molecule has 1 heterocycles. The van der Waals surface area contributed by atoms with E-state index in [1.165, 1.54) is 49.4 Å². The number of aryl methyl sites for hydroxylation is 1. The monoisotopic (exact) mass is 325 g/mol. The molecule has 1 aromatic heterocycles. The Hall–Kier alpha value is -2.55. The van der Waals surface area contributed by atoms with Gasteiger partial charge >= 0.3 is 5.97 Å². The number of carbonyl (C=O) groups excluding carboxylic acids is 1. The van der Waals surface area contributed by atoms with E-state index in [1.54, 1.807) is 7.05 Å². The van der Waals surface area contributed by atoms with Gasteiger partial charge in [0.15, 0.2) is 0 Å². The Kier molecular flexibility index (Phi) is 4.36. The molecule has 0 bridgehead atoms. The Morgan fingerprint density at radius 3 is 2.55 bits per heavy atom. The van der Waals surface area contributed by atoms with Crippen LogP contribution in [0.1, 0.15) is 10.4 Å². The fraction of sp³-hybridized carbons (Fsp3) is 0.231. The fourth-order valence-electron chi connectivity index (χ4n) is 1.79. The molecule has 118 valence electrons. The van der Waals surface area contributed by atoms with Gasteiger partial charge in [-0.05, 0) is 12.1 Å². The van der Waals surface area contributed by atoms with Gasteiger partial charge in [0.25, 0.3) is 10.0 Å². The molecule has 2 rings (SSSR count). The zero-order valence-electron chi connectivity index (χ0n) is 12.2. The van der Waals surface area contributed by atoms with E-state index in [0.717, 1.165) is 0 Å². The lowest BCUT2D eigenvalue weighted by Crippen LogP contribution is -2.16. The molecule has 1 N–H and O–H groups in total.